The highest BCUT2D eigenvalue weighted by Crippen LogP contribution is 2.24. The number of hydrogen-bond acceptors (Lipinski definition) is 2. The van der Waals surface area contributed by atoms with Gasteiger partial charge in [0, 0.05) is 5.92 Å². The summed E-state index contributed by atoms with van der Waals surface area (Å²) in [6.45, 7) is 1.90. The molecule has 0 N–H and O–H groups in total. The molecule has 0 heterocycles. The fourth-order valence-corrected chi connectivity index (χ4v) is 1.84. The molecule has 0 radical (unpaired) electrons. The van der Waals surface area contributed by atoms with Gasteiger partial charge in [-0.2, -0.15) is 0 Å². The van der Waals surface area contributed by atoms with Gasteiger partial charge in [-0.15, -0.1) is 0 Å². The fourth-order valence-electron chi connectivity index (χ4n) is 1.84. The third-order valence-corrected chi connectivity index (χ3v) is 3.06. The van der Waals surface area contributed by atoms with Crippen molar-refractivity contribution in [2.45, 2.75) is 12.8 Å². The number of benzene rings is 2. The van der Waals surface area contributed by atoms with Crippen molar-refractivity contribution in [2.24, 2.45) is 0 Å². The molecule has 0 bridgehead atoms. The van der Waals surface area contributed by atoms with E-state index in [-0.39, 0.29) is 5.92 Å². The minimum absolute atomic E-state index is 0.0464. The average Bonchev–Trinajstić information content (AvgIpc) is 2.47. The van der Waals surface area contributed by atoms with Crippen LogP contribution in [0.15, 0.2) is 48.5 Å². The number of carbonyl (C=O) groups excluding carboxylic acids is 1. The van der Waals surface area contributed by atoms with Gasteiger partial charge in [0.25, 0.3) is 0 Å². The third kappa shape index (κ3) is 2.59. The Morgan fingerprint density at radius 3 is 1.89 bits per heavy atom. The number of rotatable bonds is 4. The summed E-state index contributed by atoms with van der Waals surface area (Å²) < 4.78 is 5.13. The Morgan fingerprint density at radius 1 is 0.944 bits per heavy atom. The van der Waals surface area contributed by atoms with E-state index in [1.807, 2.05) is 55.5 Å². The van der Waals surface area contributed by atoms with Crippen molar-refractivity contribution in [3.63, 3.8) is 0 Å². The molecule has 1 unspecified atom stereocenters. The molecule has 2 aromatic carbocycles. The Balaban J connectivity index is 2.25. The van der Waals surface area contributed by atoms with Gasteiger partial charge in [-0.05, 0) is 28.8 Å². The first kappa shape index (κ1) is 12.4. The normalized spacial score (nSPS) is 11.9. The summed E-state index contributed by atoms with van der Waals surface area (Å²) in [4.78, 5) is 10.7. The van der Waals surface area contributed by atoms with Crippen molar-refractivity contribution in [3.8, 4) is 16.9 Å². The molecule has 18 heavy (non-hydrogen) atoms. The van der Waals surface area contributed by atoms with Crippen LogP contribution < -0.4 is 4.74 Å². The lowest BCUT2D eigenvalue weighted by Crippen LogP contribution is -1.93. The van der Waals surface area contributed by atoms with Gasteiger partial charge < -0.3 is 9.53 Å². The van der Waals surface area contributed by atoms with Crippen molar-refractivity contribution < 1.29 is 9.53 Å². The lowest BCUT2D eigenvalue weighted by atomic mass is 9.98. The standard InChI is InChI=1S/C16H16O2/c1-12(11-17)13-3-5-14(6-4-13)15-7-9-16(18-2)10-8-15/h3-12H,1-2H3. The van der Waals surface area contributed by atoms with E-state index in [2.05, 4.69) is 0 Å². The third-order valence-electron chi connectivity index (χ3n) is 3.06. The van der Waals surface area contributed by atoms with Crippen molar-refractivity contribution in [1.29, 1.82) is 0 Å². The summed E-state index contributed by atoms with van der Waals surface area (Å²) in [5.74, 6) is 0.805. The summed E-state index contributed by atoms with van der Waals surface area (Å²) in [5, 5.41) is 0. The maximum atomic E-state index is 10.7. The highest BCUT2D eigenvalue weighted by molar-refractivity contribution is 5.67. The van der Waals surface area contributed by atoms with Gasteiger partial charge in [-0.1, -0.05) is 43.3 Å². The lowest BCUT2D eigenvalue weighted by Gasteiger charge is -2.07. The Bertz CT molecular complexity index is 512. The highest BCUT2D eigenvalue weighted by atomic mass is 16.5. The molecule has 0 aliphatic carbocycles. The zero-order valence-electron chi connectivity index (χ0n) is 10.6. The van der Waals surface area contributed by atoms with E-state index in [0.717, 1.165) is 28.7 Å². The maximum Gasteiger partial charge on any atom is 0.127 e. The summed E-state index contributed by atoms with van der Waals surface area (Å²) in [6, 6.07) is 16.0. The van der Waals surface area contributed by atoms with Crippen LogP contribution >= 0.6 is 0 Å². The minimum Gasteiger partial charge on any atom is -0.497 e. The number of ether oxygens (including phenoxy) is 1. The zero-order chi connectivity index (χ0) is 13.0. The van der Waals surface area contributed by atoms with Crippen LogP contribution in [0.5, 0.6) is 5.75 Å². The van der Waals surface area contributed by atoms with Crippen LogP contribution in [0.4, 0.5) is 0 Å². The maximum absolute atomic E-state index is 10.7. The van der Waals surface area contributed by atoms with Crippen LogP contribution in [-0.4, -0.2) is 13.4 Å². The molecule has 0 fully saturated rings. The van der Waals surface area contributed by atoms with Crippen LogP contribution in [0, 0.1) is 0 Å². The second kappa shape index (κ2) is 5.50. The van der Waals surface area contributed by atoms with Crippen LogP contribution in [0.25, 0.3) is 11.1 Å². The molecule has 0 amide bonds. The molecule has 2 rings (SSSR count). The molecule has 0 aromatic heterocycles. The number of aldehydes is 1. The van der Waals surface area contributed by atoms with Crippen molar-refractivity contribution in [3.05, 3.63) is 54.1 Å². The van der Waals surface area contributed by atoms with E-state index < -0.39 is 0 Å². The molecule has 0 spiro atoms. The van der Waals surface area contributed by atoms with Gasteiger partial charge in [-0.3, -0.25) is 0 Å². The summed E-state index contributed by atoms with van der Waals surface area (Å²) >= 11 is 0. The van der Waals surface area contributed by atoms with E-state index in [9.17, 15) is 4.79 Å². The molecule has 2 heteroatoms. The average molecular weight is 240 g/mol. The smallest absolute Gasteiger partial charge is 0.127 e. The van der Waals surface area contributed by atoms with E-state index >= 15 is 0 Å². The highest BCUT2D eigenvalue weighted by Gasteiger charge is 2.04. The second-order valence-corrected chi connectivity index (χ2v) is 4.28. The number of hydrogen-bond donors (Lipinski definition) is 0. The van der Waals surface area contributed by atoms with Crippen LogP contribution in [0.3, 0.4) is 0 Å². The van der Waals surface area contributed by atoms with E-state index in [1.165, 1.54) is 0 Å². The van der Waals surface area contributed by atoms with Gasteiger partial charge in [0.2, 0.25) is 0 Å². The molecular formula is C16H16O2. The lowest BCUT2D eigenvalue weighted by molar-refractivity contribution is -0.108. The SMILES string of the molecule is COc1ccc(-c2ccc(C(C)C=O)cc2)cc1. The van der Waals surface area contributed by atoms with Gasteiger partial charge >= 0.3 is 0 Å². The summed E-state index contributed by atoms with van der Waals surface area (Å²) in [5.41, 5.74) is 3.32. The Labute approximate surface area is 107 Å². The molecule has 2 nitrogen and oxygen atoms in total. The van der Waals surface area contributed by atoms with Crippen LogP contribution in [0.1, 0.15) is 18.4 Å². The van der Waals surface area contributed by atoms with E-state index in [1.54, 1.807) is 7.11 Å². The van der Waals surface area contributed by atoms with Gasteiger partial charge in [0.1, 0.15) is 12.0 Å². The largest absolute Gasteiger partial charge is 0.497 e. The summed E-state index contributed by atoms with van der Waals surface area (Å²) in [7, 11) is 1.66. The predicted molar refractivity (Wildman–Crippen MR) is 72.9 cm³/mol. The molecule has 0 aliphatic heterocycles. The van der Waals surface area contributed by atoms with Crippen LogP contribution in [0.2, 0.25) is 0 Å². The van der Waals surface area contributed by atoms with Gasteiger partial charge in [-0.25, -0.2) is 0 Å². The predicted octanol–water partition coefficient (Wildman–Crippen LogP) is 3.66. The first-order valence-electron chi connectivity index (χ1n) is 5.94. The van der Waals surface area contributed by atoms with Gasteiger partial charge in [0.15, 0.2) is 0 Å². The summed E-state index contributed by atoms with van der Waals surface area (Å²) in [6.07, 6.45) is 0.961. The molecule has 92 valence electrons. The van der Waals surface area contributed by atoms with Crippen molar-refractivity contribution in [2.75, 3.05) is 7.11 Å². The number of methoxy groups -OCH3 is 1. The number of carbonyl (C=O) groups is 1. The zero-order valence-corrected chi connectivity index (χ0v) is 10.6. The first-order chi connectivity index (χ1) is 8.74. The molecule has 0 saturated heterocycles. The Morgan fingerprint density at radius 2 is 1.44 bits per heavy atom. The Hall–Kier alpha value is -2.09. The molecular weight excluding hydrogens is 224 g/mol. The van der Waals surface area contributed by atoms with Crippen LogP contribution in [-0.2, 0) is 4.79 Å². The fraction of sp³-hybridized carbons (Fsp3) is 0.188. The van der Waals surface area contributed by atoms with Crippen molar-refractivity contribution >= 4 is 6.29 Å². The van der Waals surface area contributed by atoms with Crippen molar-refractivity contribution in [1.82, 2.24) is 0 Å². The van der Waals surface area contributed by atoms with E-state index in [4.69, 9.17) is 4.74 Å². The molecule has 0 aliphatic rings. The Kier molecular flexibility index (Phi) is 3.78. The quantitative estimate of drug-likeness (QED) is 0.762. The second-order valence-electron chi connectivity index (χ2n) is 4.28. The first-order valence-corrected chi connectivity index (χ1v) is 5.94. The minimum atomic E-state index is -0.0464. The monoisotopic (exact) mass is 240 g/mol. The molecule has 2 aromatic rings. The van der Waals surface area contributed by atoms with Gasteiger partial charge in [0.05, 0.1) is 7.11 Å². The topological polar surface area (TPSA) is 26.3 Å². The molecule has 1 atom stereocenters. The van der Waals surface area contributed by atoms with E-state index in [0.29, 0.717) is 0 Å². The molecule has 0 saturated carbocycles.